The highest BCUT2D eigenvalue weighted by Gasteiger charge is 2.20. The lowest BCUT2D eigenvalue weighted by Crippen LogP contribution is -2.49. The first kappa shape index (κ1) is 15.4. The van der Waals surface area contributed by atoms with Crippen molar-refractivity contribution in [3.8, 4) is 0 Å². The number of benzene rings is 1. The number of nitrogens with zero attached hydrogens (tertiary/aromatic N) is 1. The Morgan fingerprint density at radius 3 is 1.91 bits per heavy atom. The van der Waals surface area contributed by atoms with E-state index >= 15 is 0 Å². The minimum atomic E-state index is -0.740. The van der Waals surface area contributed by atoms with E-state index in [-0.39, 0.29) is 6.42 Å². The van der Waals surface area contributed by atoms with Crippen LogP contribution in [0.15, 0.2) is 54.9 Å². The molecule has 1 aromatic carbocycles. The van der Waals surface area contributed by atoms with Crippen molar-refractivity contribution < 1.29 is 14.4 Å². The molecule has 1 fully saturated rings. The summed E-state index contributed by atoms with van der Waals surface area (Å²) >= 11 is 0. The number of amides is 4. The van der Waals surface area contributed by atoms with E-state index in [0.717, 1.165) is 6.42 Å². The summed E-state index contributed by atoms with van der Waals surface area (Å²) in [4.78, 5) is 34.8. The molecule has 0 aliphatic carbocycles. The number of imide groups is 2. The van der Waals surface area contributed by atoms with Gasteiger partial charge in [-0.2, -0.15) is 0 Å². The largest absolute Gasteiger partial charge is 0.328 e. The molecule has 1 saturated heterocycles. The highest BCUT2D eigenvalue weighted by Crippen LogP contribution is 2.07. The lowest BCUT2D eigenvalue weighted by Gasteiger charge is -2.09. The summed E-state index contributed by atoms with van der Waals surface area (Å²) in [6, 6.07) is 13.8. The van der Waals surface area contributed by atoms with E-state index in [4.69, 9.17) is 0 Å². The summed E-state index contributed by atoms with van der Waals surface area (Å²) in [5.41, 5.74) is 2.65. The molecule has 0 spiro atoms. The number of aromatic nitrogens is 1. The number of carbonyl (C=O) groups is 3. The number of pyridine rings is 1. The fourth-order valence-electron chi connectivity index (χ4n) is 1.85. The Bertz CT molecular complexity index is 574. The van der Waals surface area contributed by atoms with E-state index in [2.05, 4.69) is 29.2 Å². The monoisotopic (exact) mass is 297 g/mol. The summed E-state index contributed by atoms with van der Waals surface area (Å²) in [5.74, 6) is -1.10. The molecule has 2 heterocycles. The molecule has 2 aromatic rings. The number of nitrogens with one attached hydrogen (secondary N) is 2. The van der Waals surface area contributed by atoms with Crippen LogP contribution in [0.1, 0.15) is 17.5 Å². The smallest absolute Gasteiger partial charge is 0.277 e. The molecular weight excluding hydrogens is 282 g/mol. The lowest BCUT2D eigenvalue weighted by molar-refractivity contribution is -0.129. The second-order valence-electron chi connectivity index (χ2n) is 4.62. The molecule has 0 atom stereocenters. The van der Waals surface area contributed by atoms with E-state index in [1.54, 1.807) is 0 Å². The van der Waals surface area contributed by atoms with Gasteiger partial charge in [0, 0.05) is 12.4 Å². The van der Waals surface area contributed by atoms with Crippen LogP contribution < -0.4 is 10.6 Å². The van der Waals surface area contributed by atoms with Crippen molar-refractivity contribution in [2.45, 2.75) is 12.8 Å². The average molecular weight is 297 g/mol. The van der Waals surface area contributed by atoms with E-state index in [1.165, 1.54) is 11.1 Å². The maximum atomic E-state index is 10.3. The molecule has 6 nitrogen and oxygen atoms in total. The van der Waals surface area contributed by atoms with Crippen LogP contribution >= 0.6 is 0 Å². The second-order valence-corrected chi connectivity index (χ2v) is 4.62. The molecule has 4 amide bonds. The molecule has 0 saturated carbocycles. The summed E-state index contributed by atoms with van der Waals surface area (Å²) in [5, 5.41) is 3.80. The zero-order valence-electron chi connectivity index (χ0n) is 11.8. The van der Waals surface area contributed by atoms with Crippen molar-refractivity contribution in [2.24, 2.45) is 0 Å². The van der Waals surface area contributed by atoms with Gasteiger partial charge in [0.1, 0.15) is 6.42 Å². The molecule has 2 N–H and O–H groups in total. The van der Waals surface area contributed by atoms with Gasteiger partial charge in [-0.1, -0.05) is 30.3 Å². The van der Waals surface area contributed by atoms with Crippen LogP contribution in [0, 0.1) is 0 Å². The third-order valence-electron chi connectivity index (χ3n) is 2.83. The molecule has 0 unspecified atom stereocenters. The summed E-state index contributed by atoms with van der Waals surface area (Å²) in [6.07, 6.45) is 4.39. The first-order valence-electron chi connectivity index (χ1n) is 6.70. The van der Waals surface area contributed by atoms with E-state index < -0.39 is 17.8 Å². The van der Waals surface area contributed by atoms with Gasteiger partial charge in [-0.05, 0) is 29.7 Å². The topological polar surface area (TPSA) is 88.2 Å². The van der Waals surface area contributed by atoms with Gasteiger partial charge >= 0.3 is 6.03 Å². The van der Waals surface area contributed by atoms with Crippen LogP contribution in [-0.4, -0.2) is 22.8 Å². The van der Waals surface area contributed by atoms with Gasteiger partial charge in [-0.15, -0.1) is 0 Å². The molecule has 1 aliphatic heterocycles. The molecule has 112 valence electrons. The molecule has 0 bridgehead atoms. The van der Waals surface area contributed by atoms with Gasteiger partial charge in [0.25, 0.3) is 0 Å². The zero-order valence-corrected chi connectivity index (χ0v) is 11.8. The van der Waals surface area contributed by atoms with E-state index in [0.29, 0.717) is 0 Å². The van der Waals surface area contributed by atoms with Crippen LogP contribution in [-0.2, 0) is 16.0 Å². The van der Waals surface area contributed by atoms with Gasteiger partial charge in [0.15, 0.2) is 0 Å². The Balaban J connectivity index is 0.000000172. The first-order valence-corrected chi connectivity index (χ1v) is 6.70. The second kappa shape index (κ2) is 7.68. The minimum absolute atomic E-state index is 0.258. The van der Waals surface area contributed by atoms with Crippen LogP contribution in [0.4, 0.5) is 4.79 Å². The van der Waals surface area contributed by atoms with Crippen molar-refractivity contribution in [1.29, 1.82) is 0 Å². The number of rotatable bonds is 2. The Morgan fingerprint density at radius 2 is 1.36 bits per heavy atom. The zero-order chi connectivity index (χ0) is 15.8. The van der Waals surface area contributed by atoms with E-state index in [9.17, 15) is 14.4 Å². The van der Waals surface area contributed by atoms with Crippen LogP contribution in [0.2, 0.25) is 0 Å². The predicted molar refractivity (Wildman–Crippen MR) is 79.8 cm³/mol. The van der Waals surface area contributed by atoms with Crippen molar-refractivity contribution in [3.05, 3.63) is 66.0 Å². The fraction of sp³-hybridized carbons (Fsp3) is 0.125. The standard InChI is InChI=1S/C12H11N.C4H4N2O3/c1-2-4-11(5-3-1)10-12-6-8-13-9-7-12;7-2-1-3(8)6-4(9)5-2/h1-9H,10H2;1H2,(H2,5,6,7,8,9). The van der Waals surface area contributed by atoms with Crippen LogP contribution in [0.3, 0.4) is 0 Å². The summed E-state index contributed by atoms with van der Waals surface area (Å²) in [6.45, 7) is 0. The number of barbiturate groups is 1. The van der Waals surface area contributed by atoms with Crippen molar-refractivity contribution in [2.75, 3.05) is 0 Å². The Kier molecular flexibility index (Phi) is 5.37. The molecule has 3 rings (SSSR count). The molecule has 22 heavy (non-hydrogen) atoms. The molecule has 1 aliphatic rings. The third-order valence-corrected chi connectivity index (χ3v) is 2.83. The Morgan fingerprint density at radius 1 is 0.818 bits per heavy atom. The highest BCUT2D eigenvalue weighted by molar-refractivity contribution is 6.14. The van der Waals surface area contributed by atoms with Crippen molar-refractivity contribution in [3.63, 3.8) is 0 Å². The van der Waals surface area contributed by atoms with E-state index in [1.807, 2.05) is 41.2 Å². The van der Waals surface area contributed by atoms with Crippen molar-refractivity contribution >= 4 is 17.8 Å². The first-order chi connectivity index (χ1) is 10.6. The number of carbonyl (C=O) groups excluding carboxylic acids is 3. The Hall–Kier alpha value is -3.02. The van der Waals surface area contributed by atoms with Gasteiger partial charge in [0.2, 0.25) is 11.8 Å². The van der Waals surface area contributed by atoms with Crippen molar-refractivity contribution in [1.82, 2.24) is 15.6 Å². The Labute approximate surface area is 127 Å². The SMILES string of the molecule is O=C1CC(=O)NC(=O)N1.c1ccc(Cc2ccncc2)cc1. The number of hydrogen-bond donors (Lipinski definition) is 2. The molecule has 0 radical (unpaired) electrons. The summed E-state index contributed by atoms with van der Waals surface area (Å²) in [7, 11) is 0. The maximum Gasteiger partial charge on any atom is 0.328 e. The number of urea groups is 1. The third kappa shape index (κ3) is 5.16. The van der Waals surface area contributed by atoms with Gasteiger partial charge < -0.3 is 0 Å². The van der Waals surface area contributed by atoms with Gasteiger partial charge in [0.05, 0.1) is 0 Å². The lowest BCUT2D eigenvalue weighted by atomic mass is 10.1. The molecule has 6 heteroatoms. The fourth-order valence-corrected chi connectivity index (χ4v) is 1.85. The van der Waals surface area contributed by atoms with Crippen LogP contribution in [0.5, 0.6) is 0 Å². The highest BCUT2D eigenvalue weighted by atomic mass is 16.2. The average Bonchev–Trinajstić information content (AvgIpc) is 2.48. The molecular formula is C16H15N3O3. The number of hydrogen-bond acceptors (Lipinski definition) is 4. The maximum absolute atomic E-state index is 10.3. The minimum Gasteiger partial charge on any atom is -0.277 e. The van der Waals surface area contributed by atoms with Gasteiger partial charge in [-0.3, -0.25) is 25.2 Å². The summed E-state index contributed by atoms with van der Waals surface area (Å²) < 4.78 is 0. The van der Waals surface area contributed by atoms with Crippen LogP contribution in [0.25, 0.3) is 0 Å². The molecule has 1 aromatic heterocycles. The normalized spacial score (nSPS) is 13.5. The predicted octanol–water partition coefficient (Wildman–Crippen LogP) is 1.41. The quantitative estimate of drug-likeness (QED) is 0.820. The van der Waals surface area contributed by atoms with Gasteiger partial charge in [-0.25, -0.2) is 4.79 Å².